The van der Waals surface area contributed by atoms with Crippen LogP contribution in [-0.2, 0) is 4.79 Å². The number of para-hydroxylation sites is 1. The van der Waals surface area contributed by atoms with Crippen molar-refractivity contribution in [3.8, 4) is 5.75 Å². The molecule has 0 bridgehead atoms. The quantitative estimate of drug-likeness (QED) is 0.213. The van der Waals surface area contributed by atoms with Gasteiger partial charge >= 0.3 is 0 Å². The number of thiazole rings is 1. The number of hydrazone groups is 1. The van der Waals surface area contributed by atoms with E-state index in [0.717, 1.165) is 28.7 Å². The number of carbonyl (C=O) groups is 3. The molecule has 0 aliphatic carbocycles. The fraction of sp³-hybridized carbons (Fsp3) is 0.0690. The first-order valence-corrected chi connectivity index (χ1v) is 13.8. The maximum Gasteiger partial charge on any atom is 0.283 e. The Morgan fingerprint density at radius 1 is 1.00 bits per heavy atom. The zero-order valence-corrected chi connectivity index (χ0v) is 23.4. The minimum absolute atomic E-state index is 0.204. The van der Waals surface area contributed by atoms with Crippen LogP contribution in [0.25, 0.3) is 6.08 Å². The number of anilines is 2. The Balaban J connectivity index is 1.35. The van der Waals surface area contributed by atoms with Gasteiger partial charge in [-0.15, -0.1) is 5.10 Å². The van der Waals surface area contributed by atoms with E-state index < -0.39 is 17.6 Å². The number of rotatable bonds is 7. The van der Waals surface area contributed by atoms with E-state index in [2.05, 4.69) is 20.8 Å². The highest BCUT2D eigenvalue weighted by Gasteiger charge is 2.35. The summed E-state index contributed by atoms with van der Waals surface area (Å²) in [6.45, 7) is 1.63. The van der Waals surface area contributed by atoms with Crippen LogP contribution in [0.5, 0.6) is 5.75 Å². The zero-order chi connectivity index (χ0) is 28.9. The topological polar surface area (TPSA) is 113 Å². The van der Waals surface area contributed by atoms with E-state index in [-0.39, 0.29) is 26.6 Å². The number of amidine groups is 1. The van der Waals surface area contributed by atoms with Crippen molar-refractivity contribution in [2.45, 2.75) is 6.92 Å². The number of methoxy groups -OCH3 is 1. The number of nitrogens with one attached hydrogen (secondary N) is 2. The standard InChI is InChI=1S/C29H22FN5O4S2/c1-17-24(41-28(31-17)32-25(36)19-10-12-20(30)13-11-19)26(37)33-34-29-35(21-6-4-3-5-7-21)27(38)23(40-29)16-18-8-14-22(39-2)15-9-18/h3-16H,1-2H3,(H,33,37)(H,31,32,36)/b23-16+,34-29+. The van der Waals surface area contributed by atoms with Crippen LogP contribution in [-0.4, -0.2) is 35.0 Å². The van der Waals surface area contributed by atoms with Crippen molar-refractivity contribution >= 4 is 62.9 Å². The molecule has 0 unspecified atom stereocenters. The average molecular weight is 588 g/mol. The van der Waals surface area contributed by atoms with Crippen LogP contribution in [0.2, 0.25) is 0 Å². The molecule has 206 valence electrons. The lowest BCUT2D eigenvalue weighted by Crippen LogP contribution is -2.31. The van der Waals surface area contributed by atoms with Crippen molar-refractivity contribution in [3.63, 3.8) is 0 Å². The SMILES string of the molecule is COc1ccc(/C=C2/S/C(=N/NC(=O)c3sc(NC(=O)c4ccc(F)cc4)nc3C)N(c3ccccc3)C2=O)cc1. The van der Waals surface area contributed by atoms with Gasteiger partial charge in [-0.05, 0) is 78.9 Å². The molecule has 3 aromatic carbocycles. The number of hydrogen-bond donors (Lipinski definition) is 2. The Hall–Kier alpha value is -4.81. The number of halogens is 1. The Labute approximate surface area is 242 Å². The highest BCUT2D eigenvalue weighted by atomic mass is 32.2. The van der Waals surface area contributed by atoms with E-state index in [4.69, 9.17) is 4.74 Å². The highest BCUT2D eigenvalue weighted by molar-refractivity contribution is 8.19. The summed E-state index contributed by atoms with van der Waals surface area (Å²) in [6, 6.07) is 21.3. The summed E-state index contributed by atoms with van der Waals surface area (Å²) in [5.41, 5.74) is 4.54. The molecule has 2 heterocycles. The van der Waals surface area contributed by atoms with Crippen LogP contribution in [0.3, 0.4) is 0 Å². The summed E-state index contributed by atoms with van der Waals surface area (Å²) in [4.78, 5) is 45.3. The van der Waals surface area contributed by atoms with Gasteiger partial charge in [0.25, 0.3) is 17.7 Å². The maximum atomic E-state index is 13.4. The molecule has 1 fully saturated rings. The monoisotopic (exact) mass is 587 g/mol. The molecule has 0 atom stereocenters. The number of benzene rings is 3. The Morgan fingerprint density at radius 3 is 2.39 bits per heavy atom. The molecule has 12 heteroatoms. The smallest absolute Gasteiger partial charge is 0.283 e. The fourth-order valence-electron chi connectivity index (χ4n) is 3.79. The lowest BCUT2D eigenvalue weighted by molar-refractivity contribution is -0.113. The van der Waals surface area contributed by atoms with Gasteiger partial charge in [0.05, 0.1) is 23.4 Å². The van der Waals surface area contributed by atoms with Crippen LogP contribution in [0.15, 0.2) is 88.9 Å². The van der Waals surface area contributed by atoms with Gasteiger partial charge in [-0.1, -0.05) is 41.7 Å². The molecule has 0 saturated carbocycles. The molecule has 1 aliphatic rings. The van der Waals surface area contributed by atoms with Crippen molar-refractivity contribution in [1.82, 2.24) is 10.4 Å². The number of ether oxygens (including phenoxy) is 1. The van der Waals surface area contributed by atoms with E-state index >= 15 is 0 Å². The second kappa shape index (κ2) is 12.1. The first-order chi connectivity index (χ1) is 19.8. The van der Waals surface area contributed by atoms with E-state index in [1.807, 2.05) is 18.2 Å². The highest BCUT2D eigenvalue weighted by Crippen LogP contribution is 2.36. The molecule has 3 amide bonds. The second-order valence-corrected chi connectivity index (χ2v) is 10.6. The van der Waals surface area contributed by atoms with Crippen molar-refractivity contribution in [2.24, 2.45) is 5.10 Å². The van der Waals surface area contributed by atoms with Crippen LogP contribution in [0.1, 0.15) is 31.3 Å². The van der Waals surface area contributed by atoms with Crippen molar-refractivity contribution in [1.29, 1.82) is 0 Å². The normalized spacial score (nSPS) is 14.9. The molecule has 4 aromatic rings. The van der Waals surface area contributed by atoms with Crippen molar-refractivity contribution < 1.29 is 23.5 Å². The molecule has 0 radical (unpaired) electrons. The molecule has 1 saturated heterocycles. The van der Waals surface area contributed by atoms with E-state index in [0.29, 0.717) is 22.0 Å². The van der Waals surface area contributed by atoms with Gasteiger partial charge in [-0.3, -0.25) is 24.6 Å². The fourth-order valence-corrected chi connectivity index (χ4v) is 5.58. The number of amides is 3. The minimum atomic E-state index is -0.552. The summed E-state index contributed by atoms with van der Waals surface area (Å²) in [5.74, 6) is -1.08. The third-order valence-corrected chi connectivity index (χ3v) is 7.86. The van der Waals surface area contributed by atoms with Crippen LogP contribution >= 0.6 is 23.1 Å². The van der Waals surface area contributed by atoms with Gasteiger partial charge < -0.3 is 4.74 Å². The van der Waals surface area contributed by atoms with Gasteiger partial charge in [-0.25, -0.2) is 14.8 Å². The number of carbonyl (C=O) groups excluding carboxylic acids is 3. The predicted molar refractivity (Wildman–Crippen MR) is 159 cm³/mol. The average Bonchev–Trinajstić information content (AvgIpc) is 3.51. The number of aromatic nitrogens is 1. The van der Waals surface area contributed by atoms with Crippen LogP contribution in [0, 0.1) is 12.7 Å². The van der Waals surface area contributed by atoms with Crippen molar-refractivity contribution in [2.75, 3.05) is 17.3 Å². The predicted octanol–water partition coefficient (Wildman–Crippen LogP) is 5.67. The van der Waals surface area contributed by atoms with Gasteiger partial charge in [0.2, 0.25) is 0 Å². The van der Waals surface area contributed by atoms with E-state index in [1.165, 1.54) is 29.2 Å². The summed E-state index contributed by atoms with van der Waals surface area (Å²) in [7, 11) is 1.58. The number of thioether (sulfide) groups is 1. The third kappa shape index (κ3) is 6.34. The maximum absolute atomic E-state index is 13.4. The second-order valence-electron chi connectivity index (χ2n) is 8.59. The van der Waals surface area contributed by atoms with Crippen LogP contribution in [0.4, 0.5) is 15.2 Å². The first-order valence-electron chi connectivity index (χ1n) is 12.2. The van der Waals surface area contributed by atoms with Gasteiger partial charge in [0.1, 0.15) is 16.4 Å². The summed E-state index contributed by atoms with van der Waals surface area (Å²) in [6.07, 6.45) is 1.75. The Kier molecular flexibility index (Phi) is 8.22. The lowest BCUT2D eigenvalue weighted by atomic mass is 10.2. The Morgan fingerprint density at radius 2 is 1.71 bits per heavy atom. The molecule has 2 N–H and O–H groups in total. The Bertz CT molecular complexity index is 1670. The summed E-state index contributed by atoms with van der Waals surface area (Å²) in [5, 5.41) is 7.36. The van der Waals surface area contributed by atoms with Crippen molar-refractivity contribution in [3.05, 3.63) is 111 Å². The number of hydrogen-bond acceptors (Lipinski definition) is 8. The molecular formula is C29H22FN5O4S2. The summed E-state index contributed by atoms with van der Waals surface area (Å²) >= 11 is 2.10. The number of aryl methyl sites for hydroxylation is 1. The zero-order valence-electron chi connectivity index (χ0n) is 21.8. The van der Waals surface area contributed by atoms with Gasteiger partial charge in [0.15, 0.2) is 10.3 Å². The van der Waals surface area contributed by atoms with E-state index in [1.54, 1.807) is 56.5 Å². The molecule has 0 spiro atoms. The van der Waals surface area contributed by atoms with Gasteiger partial charge in [0, 0.05) is 5.56 Å². The first kappa shape index (κ1) is 27.7. The molecule has 5 rings (SSSR count). The third-order valence-electron chi connectivity index (χ3n) is 5.82. The summed E-state index contributed by atoms with van der Waals surface area (Å²) < 4.78 is 18.4. The number of nitrogens with zero attached hydrogens (tertiary/aromatic N) is 3. The van der Waals surface area contributed by atoms with E-state index in [9.17, 15) is 18.8 Å². The molecule has 1 aromatic heterocycles. The minimum Gasteiger partial charge on any atom is -0.497 e. The molecule has 41 heavy (non-hydrogen) atoms. The molecular weight excluding hydrogens is 565 g/mol. The van der Waals surface area contributed by atoms with Gasteiger partial charge in [-0.2, -0.15) is 0 Å². The largest absolute Gasteiger partial charge is 0.497 e. The lowest BCUT2D eigenvalue weighted by Gasteiger charge is -2.15. The van der Waals surface area contributed by atoms with Crippen LogP contribution < -0.4 is 20.4 Å². The molecule has 1 aliphatic heterocycles. The molecule has 9 nitrogen and oxygen atoms in total.